The maximum Gasteiger partial charge on any atom is 0.236 e. The molecule has 86 valence electrons. The Morgan fingerprint density at radius 2 is 1.87 bits per heavy atom. The van der Waals surface area contributed by atoms with Crippen molar-refractivity contribution in [1.29, 1.82) is 0 Å². The molecule has 1 heterocycles. The van der Waals surface area contributed by atoms with Gasteiger partial charge in [-0.2, -0.15) is 0 Å². The predicted molar refractivity (Wildman–Crippen MR) is 60.5 cm³/mol. The van der Waals surface area contributed by atoms with Crippen LogP contribution in [-0.2, 0) is 4.79 Å². The normalized spacial score (nSPS) is 19.3. The summed E-state index contributed by atoms with van der Waals surface area (Å²) in [6.07, 6.45) is 0. The van der Waals surface area contributed by atoms with Gasteiger partial charge in [0.15, 0.2) is 0 Å². The van der Waals surface area contributed by atoms with Crippen molar-refractivity contribution in [3.63, 3.8) is 0 Å². The number of carbonyl (C=O) groups excluding carboxylic acids is 1. The van der Waals surface area contributed by atoms with Crippen LogP contribution in [0.4, 0.5) is 0 Å². The zero-order valence-corrected chi connectivity index (χ0v) is 9.92. The highest BCUT2D eigenvalue weighted by Crippen LogP contribution is 2.01. The molecule has 0 bridgehead atoms. The molecule has 1 amide bonds. The average molecular weight is 211 g/mol. The van der Waals surface area contributed by atoms with Gasteiger partial charge in [0.2, 0.25) is 5.91 Å². The molecule has 1 aliphatic rings. The molecule has 0 aromatic carbocycles. The number of nitrogens with one attached hydrogen (secondary N) is 1. The van der Waals surface area contributed by atoms with E-state index in [0.717, 1.165) is 26.2 Å². The van der Waals surface area contributed by atoms with E-state index in [1.165, 1.54) is 0 Å². The van der Waals surface area contributed by atoms with E-state index < -0.39 is 5.54 Å². The molecule has 0 atom stereocenters. The van der Waals surface area contributed by atoms with Gasteiger partial charge in [-0.1, -0.05) is 0 Å². The summed E-state index contributed by atoms with van der Waals surface area (Å²) >= 11 is 0. The number of hydrogen-bond acceptors (Lipinski definition) is 3. The minimum Gasteiger partial charge on any atom is -0.339 e. The smallest absolute Gasteiger partial charge is 0.236 e. The van der Waals surface area contributed by atoms with Crippen LogP contribution in [0.1, 0.15) is 13.8 Å². The summed E-state index contributed by atoms with van der Waals surface area (Å²) < 4.78 is 0. The third-order valence-corrected chi connectivity index (χ3v) is 2.55. The van der Waals surface area contributed by atoms with Gasteiger partial charge in [-0.3, -0.25) is 4.79 Å². The minimum absolute atomic E-state index is 0.140. The maximum absolute atomic E-state index is 11.7. The molecule has 1 aliphatic heterocycles. The Morgan fingerprint density at radius 3 is 2.33 bits per heavy atom. The highest BCUT2D eigenvalue weighted by Gasteiger charge is 2.20. The van der Waals surface area contributed by atoms with Gasteiger partial charge < -0.3 is 15.1 Å². The van der Waals surface area contributed by atoms with Crippen molar-refractivity contribution in [3.05, 3.63) is 6.92 Å². The van der Waals surface area contributed by atoms with Crippen LogP contribution in [0.3, 0.4) is 0 Å². The van der Waals surface area contributed by atoms with Gasteiger partial charge >= 0.3 is 0 Å². The van der Waals surface area contributed by atoms with Crippen molar-refractivity contribution in [2.24, 2.45) is 0 Å². The number of likely N-dealkylation sites (N-methyl/N-ethyl adjacent to an activating group) is 1. The van der Waals surface area contributed by atoms with Crippen molar-refractivity contribution in [1.82, 2.24) is 15.1 Å². The Kier molecular flexibility index (Phi) is 4.11. The van der Waals surface area contributed by atoms with E-state index in [-0.39, 0.29) is 5.91 Å². The molecular weight excluding hydrogens is 190 g/mol. The number of rotatable bonds is 3. The van der Waals surface area contributed by atoms with Crippen LogP contribution in [0.5, 0.6) is 0 Å². The Balaban J connectivity index is 2.29. The Bertz CT molecular complexity index is 214. The van der Waals surface area contributed by atoms with Crippen LogP contribution in [0.2, 0.25) is 0 Å². The average Bonchev–Trinajstić information content (AvgIpc) is 2.14. The molecule has 0 spiro atoms. The van der Waals surface area contributed by atoms with E-state index in [1.54, 1.807) is 0 Å². The first-order chi connectivity index (χ1) is 6.88. The van der Waals surface area contributed by atoms with Gasteiger partial charge in [0.25, 0.3) is 0 Å². The van der Waals surface area contributed by atoms with Crippen molar-refractivity contribution in [2.75, 3.05) is 39.8 Å². The number of piperazine rings is 1. The topological polar surface area (TPSA) is 35.6 Å². The van der Waals surface area contributed by atoms with E-state index in [1.807, 2.05) is 18.7 Å². The molecule has 0 unspecified atom stereocenters. The molecule has 0 saturated carbocycles. The van der Waals surface area contributed by atoms with Crippen molar-refractivity contribution >= 4 is 5.91 Å². The SMILES string of the molecule is [CH]C(C)(C)NCC(=O)N1CCN(C)CC1. The first-order valence-corrected chi connectivity index (χ1v) is 5.39. The minimum atomic E-state index is -0.484. The van der Waals surface area contributed by atoms with Gasteiger partial charge in [0.05, 0.1) is 6.54 Å². The van der Waals surface area contributed by atoms with Crippen molar-refractivity contribution in [3.8, 4) is 0 Å². The van der Waals surface area contributed by atoms with Crippen molar-refractivity contribution < 1.29 is 4.79 Å². The third-order valence-electron chi connectivity index (χ3n) is 2.55. The molecule has 1 fully saturated rings. The van der Waals surface area contributed by atoms with Gasteiger partial charge in [-0.15, -0.1) is 0 Å². The molecule has 15 heavy (non-hydrogen) atoms. The Hall–Kier alpha value is -0.610. The molecule has 0 aromatic rings. The van der Waals surface area contributed by atoms with E-state index in [0.29, 0.717) is 6.54 Å². The summed E-state index contributed by atoms with van der Waals surface area (Å²) in [7, 11) is 2.07. The number of carbonyl (C=O) groups is 1. The van der Waals surface area contributed by atoms with Crippen LogP contribution in [0, 0.1) is 6.92 Å². The van der Waals surface area contributed by atoms with Gasteiger partial charge in [-0.25, -0.2) is 0 Å². The summed E-state index contributed by atoms with van der Waals surface area (Å²) in [6, 6.07) is 0. The Labute approximate surface area is 92.6 Å². The summed E-state index contributed by atoms with van der Waals surface area (Å²) in [6.45, 7) is 13.3. The van der Waals surface area contributed by atoms with E-state index in [9.17, 15) is 4.79 Å². The first kappa shape index (κ1) is 12.5. The van der Waals surface area contributed by atoms with Crippen LogP contribution in [-0.4, -0.2) is 61.0 Å². The van der Waals surface area contributed by atoms with Gasteiger partial charge in [0.1, 0.15) is 0 Å². The summed E-state index contributed by atoms with van der Waals surface area (Å²) in [5, 5.41) is 3.00. The first-order valence-electron chi connectivity index (χ1n) is 5.39. The second-order valence-corrected chi connectivity index (χ2v) is 4.76. The lowest BCUT2D eigenvalue weighted by Crippen LogP contribution is -2.51. The Morgan fingerprint density at radius 1 is 1.33 bits per heavy atom. The highest BCUT2D eigenvalue weighted by atomic mass is 16.2. The monoisotopic (exact) mass is 211 g/mol. The zero-order valence-electron chi connectivity index (χ0n) is 9.92. The number of hydrogen-bond donors (Lipinski definition) is 1. The second-order valence-electron chi connectivity index (χ2n) is 4.76. The fourth-order valence-corrected chi connectivity index (χ4v) is 1.47. The highest BCUT2D eigenvalue weighted by molar-refractivity contribution is 5.78. The molecule has 1 rings (SSSR count). The zero-order chi connectivity index (χ0) is 11.5. The molecule has 2 radical (unpaired) electrons. The van der Waals surface area contributed by atoms with Crippen LogP contribution >= 0.6 is 0 Å². The van der Waals surface area contributed by atoms with E-state index >= 15 is 0 Å². The fraction of sp³-hybridized carbons (Fsp3) is 0.818. The van der Waals surface area contributed by atoms with Gasteiger partial charge in [0, 0.05) is 31.7 Å². The maximum atomic E-state index is 11.7. The lowest BCUT2D eigenvalue weighted by Gasteiger charge is -2.33. The van der Waals surface area contributed by atoms with Crippen LogP contribution in [0.15, 0.2) is 0 Å². The molecular formula is C11H21N3O. The van der Waals surface area contributed by atoms with E-state index in [4.69, 9.17) is 6.92 Å². The molecule has 0 aliphatic carbocycles. The van der Waals surface area contributed by atoms with E-state index in [2.05, 4.69) is 17.3 Å². The quantitative estimate of drug-likeness (QED) is 0.704. The predicted octanol–water partition coefficient (Wildman–Crippen LogP) is -0.160. The lowest BCUT2D eigenvalue weighted by molar-refractivity contribution is -0.132. The lowest BCUT2D eigenvalue weighted by atomic mass is 10.1. The molecule has 1 N–H and O–H groups in total. The second kappa shape index (κ2) is 4.94. The number of amides is 1. The standard InChI is InChI=1S/C11H21N3O/c1-11(2,3)12-9-10(15)14-7-5-13(4)6-8-14/h1,12H,5-9H2,2-4H3. The summed E-state index contributed by atoms with van der Waals surface area (Å²) in [5.41, 5.74) is -0.484. The number of nitrogens with zero attached hydrogens (tertiary/aromatic N) is 2. The summed E-state index contributed by atoms with van der Waals surface area (Å²) in [5.74, 6) is 0.140. The largest absolute Gasteiger partial charge is 0.339 e. The molecule has 4 nitrogen and oxygen atoms in total. The van der Waals surface area contributed by atoms with Gasteiger partial charge in [-0.05, 0) is 27.8 Å². The molecule has 4 heteroatoms. The fourth-order valence-electron chi connectivity index (χ4n) is 1.47. The third kappa shape index (κ3) is 4.62. The van der Waals surface area contributed by atoms with Crippen LogP contribution in [0.25, 0.3) is 0 Å². The molecule has 0 aromatic heterocycles. The van der Waals surface area contributed by atoms with Crippen LogP contribution < -0.4 is 5.32 Å². The summed E-state index contributed by atoms with van der Waals surface area (Å²) in [4.78, 5) is 15.9. The molecule has 1 saturated heterocycles. The van der Waals surface area contributed by atoms with Crippen molar-refractivity contribution in [2.45, 2.75) is 19.4 Å².